The van der Waals surface area contributed by atoms with Crippen LogP contribution >= 0.6 is 11.6 Å². The summed E-state index contributed by atoms with van der Waals surface area (Å²) in [5.41, 5.74) is 4.69. The fourth-order valence-electron chi connectivity index (χ4n) is 2.22. The number of rotatable bonds is 6. The van der Waals surface area contributed by atoms with Gasteiger partial charge in [0.15, 0.2) is 11.5 Å². The van der Waals surface area contributed by atoms with Gasteiger partial charge in [0.2, 0.25) is 0 Å². The van der Waals surface area contributed by atoms with Gasteiger partial charge in [-0.1, -0.05) is 17.7 Å². The van der Waals surface area contributed by atoms with E-state index in [1.165, 1.54) is 11.1 Å². The van der Waals surface area contributed by atoms with Gasteiger partial charge in [0.1, 0.15) is 0 Å². The number of anilines is 1. The Morgan fingerprint density at radius 3 is 2.50 bits per heavy atom. The number of nitrogens with one attached hydrogen (secondary N) is 1. The number of aryl methyl sites for hydroxylation is 2. The van der Waals surface area contributed by atoms with Crippen molar-refractivity contribution in [2.75, 3.05) is 19.0 Å². The predicted molar refractivity (Wildman–Crippen MR) is 92.4 cm³/mol. The van der Waals surface area contributed by atoms with Crippen LogP contribution in [-0.2, 0) is 6.54 Å². The van der Waals surface area contributed by atoms with Crippen LogP contribution < -0.4 is 14.8 Å². The van der Waals surface area contributed by atoms with E-state index in [4.69, 9.17) is 21.1 Å². The number of halogens is 1. The summed E-state index contributed by atoms with van der Waals surface area (Å²) in [4.78, 5) is 0. The zero-order valence-corrected chi connectivity index (χ0v) is 14.3. The van der Waals surface area contributed by atoms with Crippen LogP contribution in [0, 0.1) is 13.8 Å². The van der Waals surface area contributed by atoms with E-state index in [1.54, 1.807) is 7.11 Å². The van der Waals surface area contributed by atoms with Gasteiger partial charge in [-0.25, -0.2) is 0 Å². The molecule has 0 bridgehead atoms. The van der Waals surface area contributed by atoms with Crippen molar-refractivity contribution in [3.05, 3.63) is 52.0 Å². The third-order valence-electron chi connectivity index (χ3n) is 3.58. The number of benzene rings is 2. The molecule has 0 saturated heterocycles. The second kappa shape index (κ2) is 7.41. The standard InChI is InChI=1S/C18H22ClNO2/c1-5-22-18-16(19)9-14(10-17(18)21-4)11-20-15-7-6-12(2)13(3)8-15/h6-10,20H,5,11H2,1-4H3. The molecule has 0 amide bonds. The Kier molecular flexibility index (Phi) is 5.56. The molecule has 0 spiro atoms. The minimum Gasteiger partial charge on any atom is -0.493 e. The molecule has 2 rings (SSSR count). The molecule has 2 aromatic carbocycles. The summed E-state index contributed by atoms with van der Waals surface area (Å²) in [6, 6.07) is 10.2. The van der Waals surface area contributed by atoms with Gasteiger partial charge in [-0.15, -0.1) is 0 Å². The van der Waals surface area contributed by atoms with Crippen molar-refractivity contribution in [3.63, 3.8) is 0 Å². The van der Waals surface area contributed by atoms with Gasteiger partial charge >= 0.3 is 0 Å². The van der Waals surface area contributed by atoms with Crippen LogP contribution in [0.3, 0.4) is 0 Å². The Morgan fingerprint density at radius 1 is 1.09 bits per heavy atom. The molecule has 0 aliphatic carbocycles. The first kappa shape index (κ1) is 16.5. The molecule has 3 nitrogen and oxygen atoms in total. The maximum absolute atomic E-state index is 6.29. The molecule has 118 valence electrons. The first-order chi connectivity index (χ1) is 10.5. The molecule has 22 heavy (non-hydrogen) atoms. The zero-order valence-electron chi connectivity index (χ0n) is 13.5. The minimum atomic E-state index is 0.552. The van der Waals surface area contributed by atoms with E-state index in [0.29, 0.717) is 29.7 Å². The van der Waals surface area contributed by atoms with Gasteiger partial charge in [-0.05, 0) is 61.7 Å². The van der Waals surface area contributed by atoms with Crippen LogP contribution in [0.4, 0.5) is 5.69 Å². The smallest absolute Gasteiger partial charge is 0.179 e. The van der Waals surface area contributed by atoms with Crippen LogP contribution in [0.5, 0.6) is 11.5 Å². The first-order valence-electron chi connectivity index (χ1n) is 7.35. The molecule has 2 aromatic rings. The lowest BCUT2D eigenvalue weighted by molar-refractivity contribution is 0.311. The largest absolute Gasteiger partial charge is 0.493 e. The highest BCUT2D eigenvalue weighted by Crippen LogP contribution is 2.36. The molecule has 0 heterocycles. The number of hydrogen-bond acceptors (Lipinski definition) is 3. The summed E-state index contributed by atoms with van der Waals surface area (Å²) < 4.78 is 10.9. The number of ether oxygens (including phenoxy) is 2. The second-order valence-corrected chi connectivity index (χ2v) is 5.60. The zero-order chi connectivity index (χ0) is 16.1. The topological polar surface area (TPSA) is 30.5 Å². The number of hydrogen-bond donors (Lipinski definition) is 1. The molecule has 0 aliphatic rings. The maximum Gasteiger partial charge on any atom is 0.179 e. The first-order valence-corrected chi connectivity index (χ1v) is 7.73. The van der Waals surface area contributed by atoms with E-state index < -0.39 is 0 Å². The monoisotopic (exact) mass is 319 g/mol. The van der Waals surface area contributed by atoms with Gasteiger partial charge in [-0.3, -0.25) is 0 Å². The Bertz CT molecular complexity index is 656. The van der Waals surface area contributed by atoms with E-state index in [-0.39, 0.29) is 0 Å². The Hall–Kier alpha value is -1.87. The molecule has 0 saturated carbocycles. The van der Waals surface area contributed by atoms with Crippen molar-refractivity contribution in [1.29, 1.82) is 0 Å². The van der Waals surface area contributed by atoms with Crippen molar-refractivity contribution in [2.45, 2.75) is 27.3 Å². The minimum absolute atomic E-state index is 0.552. The molecule has 1 N–H and O–H groups in total. The summed E-state index contributed by atoms with van der Waals surface area (Å²) in [5, 5.41) is 3.97. The van der Waals surface area contributed by atoms with Crippen LogP contribution in [0.25, 0.3) is 0 Å². The lowest BCUT2D eigenvalue weighted by Gasteiger charge is -2.14. The maximum atomic E-state index is 6.29. The normalized spacial score (nSPS) is 10.4. The van der Waals surface area contributed by atoms with E-state index in [2.05, 4.69) is 37.4 Å². The van der Waals surface area contributed by atoms with Crippen molar-refractivity contribution in [1.82, 2.24) is 0 Å². The van der Waals surface area contributed by atoms with Crippen molar-refractivity contribution >= 4 is 17.3 Å². The molecular weight excluding hydrogens is 298 g/mol. The highest BCUT2D eigenvalue weighted by atomic mass is 35.5. The summed E-state index contributed by atoms with van der Waals surface area (Å²) in [6.07, 6.45) is 0. The Labute approximate surface area is 137 Å². The molecule has 0 aromatic heterocycles. The number of methoxy groups -OCH3 is 1. The Balaban J connectivity index is 2.15. The van der Waals surface area contributed by atoms with Gasteiger partial charge < -0.3 is 14.8 Å². The van der Waals surface area contributed by atoms with E-state index in [9.17, 15) is 0 Å². The molecule has 0 atom stereocenters. The van der Waals surface area contributed by atoms with Crippen LogP contribution in [0.15, 0.2) is 30.3 Å². The highest BCUT2D eigenvalue weighted by molar-refractivity contribution is 6.32. The lowest BCUT2D eigenvalue weighted by Crippen LogP contribution is -2.02. The van der Waals surface area contributed by atoms with Crippen molar-refractivity contribution in [3.8, 4) is 11.5 Å². The second-order valence-electron chi connectivity index (χ2n) is 5.19. The summed E-state index contributed by atoms with van der Waals surface area (Å²) in [6.45, 7) is 7.36. The van der Waals surface area contributed by atoms with Crippen LogP contribution in [-0.4, -0.2) is 13.7 Å². The van der Waals surface area contributed by atoms with E-state index in [0.717, 1.165) is 11.3 Å². The van der Waals surface area contributed by atoms with Crippen molar-refractivity contribution < 1.29 is 9.47 Å². The summed E-state index contributed by atoms with van der Waals surface area (Å²) in [5.74, 6) is 1.26. The Morgan fingerprint density at radius 2 is 1.86 bits per heavy atom. The van der Waals surface area contributed by atoms with Gasteiger partial charge in [0.05, 0.1) is 18.7 Å². The van der Waals surface area contributed by atoms with Crippen LogP contribution in [0.1, 0.15) is 23.6 Å². The summed E-state index contributed by atoms with van der Waals surface area (Å²) >= 11 is 6.29. The third kappa shape index (κ3) is 3.86. The highest BCUT2D eigenvalue weighted by Gasteiger charge is 2.11. The van der Waals surface area contributed by atoms with Gasteiger partial charge in [0.25, 0.3) is 0 Å². The van der Waals surface area contributed by atoms with Crippen LogP contribution in [0.2, 0.25) is 5.02 Å². The van der Waals surface area contributed by atoms with Gasteiger partial charge in [-0.2, -0.15) is 0 Å². The molecule has 0 fully saturated rings. The summed E-state index contributed by atoms with van der Waals surface area (Å²) in [7, 11) is 1.62. The molecule has 4 heteroatoms. The van der Waals surface area contributed by atoms with Crippen molar-refractivity contribution in [2.24, 2.45) is 0 Å². The molecule has 0 unspecified atom stereocenters. The molecule has 0 radical (unpaired) electrons. The molecular formula is C18H22ClNO2. The average molecular weight is 320 g/mol. The quantitative estimate of drug-likeness (QED) is 0.814. The average Bonchev–Trinajstić information content (AvgIpc) is 2.50. The van der Waals surface area contributed by atoms with E-state index in [1.807, 2.05) is 19.1 Å². The molecule has 0 aliphatic heterocycles. The third-order valence-corrected chi connectivity index (χ3v) is 3.86. The van der Waals surface area contributed by atoms with Gasteiger partial charge in [0, 0.05) is 12.2 Å². The van der Waals surface area contributed by atoms with E-state index >= 15 is 0 Å². The fraction of sp³-hybridized carbons (Fsp3) is 0.333. The fourth-order valence-corrected chi connectivity index (χ4v) is 2.50. The lowest BCUT2D eigenvalue weighted by atomic mass is 10.1. The SMILES string of the molecule is CCOc1c(Cl)cc(CNc2ccc(C)c(C)c2)cc1OC. The predicted octanol–water partition coefficient (Wildman–Crippen LogP) is 4.98.